The highest BCUT2D eigenvalue weighted by Gasteiger charge is 2.32. The molecule has 0 bridgehead atoms. The van der Waals surface area contributed by atoms with E-state index in [2.05, 4.69) is 15.6 Å². The number of nitrogens with one attached hydrogen (secondary N) is 2. The zero-order valence-corrected chi connectivity index (χ0v) is 15.3. The number of aliphatic hydroxyl groups excluding tert-OH is 1. The number of aliphatic hydroxyl groups is 1. The van der Waals surface area contributed by atoms with E-state index >= 15 is 0 Å². The summed E-state index contributed by atoms with van der Waals surface area (Å²) in [6.45, 7) is -0.200. The molecule has 9 heteroatoms. The van der Waals surface area contributed by atoms with Crippen molar-refractivity contribution in [3.63, 3.8) is 0 Å². The number of anilines is 2. The molecule has 0 aliphatic carbocycles. The predicted molar refractivity (Wildman–Crippen MR) is 101 cm³/mol. The fourth-order valence-corrected chi connectivity index (χ4v) is 3.19. The van der Waals surface area contributed by atoms with Crippen LogP contribution in [0.1, 0.15) is 27.2 Å². The minimum atomic E-state index is -4.41. The van der Waals surface area contributed by atoms with E-state index in [1.807, 2.05) is 0 Å². The van der Waals surface area contributed by atoms with Gasteiger partial charge in [-0.3, -0.25) is 10.1 Å². The van der Waals surface area contributed by atoms with Crippen LogP contribution in [0.2, 0.25) is 0 Å². The van der Waals surface area contributed by atoms with Crippen molar-refractivity contribution in [3.8, 4) is 0 Å². The van der Waals surface area contributed by atoms with Gasteiger partial charge in [0.05, 0.1) is 17.9 Å². The first-order valence-corrected chi connectivity index (χ1v) is 9.10. The van der Waals surface area contributed by atoms with Gasteiger partial charge in [0.25, 0.3) is 5.91 Å². The Morgan fingerprint density at radius 2 is 1.82 bits per heavy atom. The van der Waals surface area contributed by atoms with E-state index in [1.165, 1.54) is 23.5 Å². The molecular formula is C19H16F3N3O2S. The summed E-state index contributed by atoms with van der Waals surface area (Å²) in [5.74, 6) is -0.368. The van der Waals surface area contributed by atoms with E-state index in [-0.39, 0.29) is 24.6 Å². The smallest absolute Gasteiger partial charge is 0.390 e. The number of amides is 1. The molecular weight excluding hydrogens is 391 g/mol. The molecule has 1 aromatic heterocycles. The molecule has 0 radical (unpaired) electrons. The summed E-state index contributed by atoms with van der Waals surface area (Å²) in [5, 5.41) is 16.6. The van der Waals surface area contributed by atoms with Gasteiger partial charge in [-0.1, -0.05) is 18.2 Å². The van der Waals surface area contributed by atoms with Gasteiger partial charge in [-0.05, 0) is 35.9 Å². The Bertz CT molecular complexity index is 956. The van der Waals surface area contributed by atoms with Crippen molar-refractivity contribution in [2.24, 2.45) is 0 Å². The lowest BCUT2D eigenvalue weighted by Gasteiger charge is -2.14. The normalized spacial score (nSPS) is 11.3. The summed E-state index contributed by atoms with van der Waals surface area (Å²) in [6, 6.07) is 11.7. The average Bonchev–Trinajstić information content (AvgIpc) is 3.14. The van der Waals surface area contributed by atoms with E-state index < -0.39 is 11.7 Å². The second-order valence-electron chi connectivity index (χ2n) is 5.84. The quantitative estimate of drug-likeness (QED) is 0.562. The van der Waals surface area contributed by atoms with Crippen LogP contribution in [0, 0.1) is 0 Å². The maximum Gasteiger partial charge on any atom is 0.416 e. The van der Waals surface area contributed by atoms with Gasteiger partial charge in [0.15, 0.2) is 5.13 Å². The third-order valence-corrected chi connectivity index (χ3v) is 4.69. The van der Waals surface area contributed by atoms with Crippen LogP contribution in [0.5, 0.6) is 0 Å². The first-order chi connectivity index (χ1) is 13.4. The third-order valence-electron chi connectivity index (χ3n) is 3.89. The average molecular weight is 407 g/mol. The van der Waals surface area contributed by atoms with Gasteiger partial charge < -0.3 is 10.4 Å². The van der Waals surface area contributed by atoms with E-state index in [4.69, 9.17) is 5.11 Å². The number of thiazole rings is 1. The highest BCUT2D eigenvalue weighted by atomic mass is 32.1. The largest absolute Gasteiger partial charge is 0.416 e. The summed E-state index contributed by atoms with van der Waals surface area (Å²) >= 11 is 1.20. The molecule has 0 saturated carbocycles. The Hall–Kier alpha value is -2.91. The first kappa shape index (κ1) is 19.8. The molecule has 0 atom stereocenters. The van der Waals surface area contributed by atoms with Gasteiger partial charge in [0, 0.05) is 23.2 Å². The molecule has 0 spiro atoms. The number of nitrogens with zero attached hydrogens (tertiary/aromatic N) is 1. The van der Waals surface area contributed by atoms with Crippen molar-refractivity contribution in [1.29, 1.82) is 0 Å². The number of carbonyl (C=O) groups excluding carboxylic acids is 1. The van der Waals surface area contributed by atoms with E-state index in [1.54, 1.807) is 35.7 Å². The second-order valence-corrected chi connectivity index (χ2v) is 6.70. The van der Waals surface area contributed by atoms with Gasteiger partial charge in [0.2, 0.25) is 0 Å². The molecule has 2 aromatic carbocycles. The summed E-state index contributed by atoms with van der Waals surface area (Å²) < 4.78 is 39.1. The van der Waals surface area contributed by atoms with Gasteiger partial charge >= 0.3 is 6.18 Å². The molecule has 1 amide bonds. The molecule has 1 heterocycles. The van der Waals surface area contributed by atoms with Crippen LogP contribution in [-0.4, -0.2) is 16.0 Å². The molecule has 28 heavy (non-hydrogen) atoms. The van der Waals surface area contributed by atoms with Crippen molar-refractivity contribution >= 4 is 28.1 Å². The number of halogens is 3. The lowest BCUT2D eigenvalue weighted by Crippen LogP contribution is -2.12. The van der Waals surface area contributed by atoms with Crippen molar-refractivity contribution in [3.05, 3.63) is 76.3 Å². The number of benzene rings is 2. The molecule has 146 valence electrons. The maximum atomic E-state index is 13.0. The van der Waals surface area contributed by atoms with Gasteiger partial charge in [-0.25, -0.2) is 4.98 Å². The second kappa shape index (κ2) is 8.41. The number of hydrogen-bond acceptors (Lipinski definition) is 5. The highest BCUT2D eigenvalue weighted by molar-refractivity contribution is 7.13. The summed E-state index contributed by atoms with van der Waals surface area (Å²) in [4.78, 5) is 16.2. The Labute approximate surface area is 162 Å². The van der Waals surface area contributed by atoms with Crippen molar-refractivity contribution in [1.82, 2.24) is 4.98 Å². The molecule has 5 nitrogen and oxygen atoms in total. The van der Waals surface area contributed by atoms with Gasteiger partial charge in [-0.15, -0.1) is 11.3 Å². The standard InChI is InChI=1S/C19H16F3N3O2S/c20-19(21,22)16-4-2-1-3-13(16)9-23-14-7-5-12(6-8-14)17(27)25-18-24-15(10-26)11-28-18/h1-8,11,23,26H,9-10H2,(H,24,25,27). The van der Waals surface area contributed by atoms with E-state index in [0.717, 1.165) is 6.07 Å². The molecule has 0 saturated heterocycles. The molecule has 0 fully saturated rings. The highest BCUT2D eigenvalue weighted by Crippen LogP contribution is 2.32. The lowest BCUT2D eigenvalue weighted by atomic mass is 10.1. The molecule has 3 N–H and O–H groups in total. The zero-order chi connectivity index (χ0) is 20.1. The van der Waals surface area contributed by atoms with Crippen LogP contribution >= 0.6 is 11.3 Å². The van der Waals surface area contributed by atoms with Crippen molar-refractivity contribution in [2.75, 3.05) is 10.6 Å². The molecule has 0 aliphatic heterocycles. The van der Waals surface area contributed by atoms with Crippen molar-refractivity contribution < 1.29 is 23.1 Å². The number of rotatable bonds is 6. The first-order valence-electron chi connectivity index (χ1n) is 8.22. The Morgan fingerprint density at radius 1 is 1.11 bits per heavy atom. The third kappa shape index (κ3) is 4.87. The predicted octanol–water partition coefficient (Wildman–Crippen LogP) is 4.52. The number of carbonyl (C=O) groups is 1. The Kier molecular flexibility index (Phi) is 5.96. The van der Waals surface area contributed by atoms with E-state index in [9.17, 15) is 18.0 Å². The Balaban J connectivity index is 1.63. The SMILES string of the molecule is O=C(Nc1nc(CO)cs1)c1ccc(NCc2ccccc2C(F)(F)F)cc1. The van der Waals surface area contributed by atoms with Gasteiger partial charge in [-0.2, -0.15) is 13.2 Å². The van der Waals surface area contributed by atoms with Crippen LogP contribution in [0.15, 0.2) is 53.9 Å². The van der Waals surface area contributed by atoms with E-state index in [0.29, 0.717) is 22.1 Å². The number of aromatic nitrogens is 1. The number of alkyl halides is 3. The van der Waals surface area contributed by atoms with Crippen LogP contribution < -0.4 is 10.6 Å². The molecule has 3 rings (SSSR count). The summed E-state index contributed by atoms with van der Waals surface area (Å²) in [7, 11) is 0. The van der Waals surface area contributed by atoms with Crippen LogP contribution in [0.3, 0.4) is 0 Å². The Morgan fingerprint density at radius 3 is 2.46 bits per heavy atom. The fraction of sp³-hybridized carbons (Fsp3) is 0.158. The minimum absolute atomic E-state index is 0.00424. The fourth-order valence-electron chi connectivity index (χ4n) is 2.49. The zero-order valence-electron chi connectivity index (χ0n) is 14.5. The molecule has 3 aromatic rings. The summed E-state index contributed by atoms with van der Waals surface area (Å²) in [6.07, 6.45) is -4.41. The van der Waals surface area contributed by atoms with Crippen LogP contribution in [-0.2, 0) is 19.3 Å². The van der Waals surface area contributed by atoms with Crippen molar-refractivity contribution in [2.45, 2.75) is 19.3 Å². The lowest BCUT2D eigenvalue weighted by molar-refractivity contribution is -0.138. The minimum Gasteiger partial charge on any atom is -0.390 e. The summed E-state index contributed by atoms with van der Waals surface area (Å²) in [5.41, 5.74) is 0.899. The van der Waals surface area contributed by atoms with Gasteiger partial charge in [0.1, 0.15) is 0 Å². The topological polar surface area (TPSA) is 74.2 Å². The molecule has 0 unspecified atom stereocenters. The maximum absolute atomic E-state index is 13.0. The number of hydrogen-bond donors (Lipinski definition) is 3. The monoisotopic (exact) mass is 407 g/mol. The van der Waals surface area contributed by atoms with Crippen LogP contribution in [0.4, 0.5) is 24.0 Å². The molecule has 0 aliphatic rings. The van der Waals surface area contributed by atoms with Crippen LogP contribution in [0.25, 0.3) is 0 Å².